The van der Waals surface area contributed by atoms with Crippen molar-refractivity contribution >= 4 is 18.0 Å². The Labute approximate surface area is 251 Å². The number of ether oxygens (including phenoxy) is 3. The molecule has 9 nitrogen and oxygen atoms in total. The van der Waals surface area contributed by atoms with Crippen LogP contribution in [0.4, 0.5) is 4.79 Å². The molecule has 1 aliphatic carbocycles. The average molecular weight is 584 g/mol. The number of hydrogen-bond donors (Lipinski definition) is 2. The molecule has 0 saturated carbocycles. The van der Waals surface area contributed by atoms with Crippen LogP contribution in [0.15, 0.2) is 78.9 Å². The van der Waals surface area contributed by atoms with E-state index in [-0.39, 0.29) is 31.6 Å². The van der Waals surface area contributed by atoms with Crippen LogP contribution in [0.1, 0.15) is 29.5 Å². The summed E-state index contributed by atoms with van der Waals surface area (Å²) in [4.78, 5) is 41.4. The van der Waals surface area contributed by atoms with E-state index in [9.17, 15) is 14.4 Å². The number of likely N-dealkylation sites (tertiary alicyclic amines) is 1. The lowest BCUT2D eigenvalue weighted by Gasteiger charge is -2.42. The van der Waals surface area contributed by atoms with Gasteiger partial charge in [-0.25, -0.2) is 9.59 Å². The first-order valence-electron chi connectivity index (χ1n) is 14.7. The van der Waals surface area contributed by atoms with Crippen LogP contribution < -0.4 is 10.6 Å². The molecule has 0 aromatic heterocycles. The summed E-state index contributed by atoms with van der Waals surface area (Å²) in [6, 6.07) is 25.0. The Hall–Kier alpha value is -4.21. The standard InChI is InChI=1S/C34H37N3O6/c1-22(42-17-23-10-4-3-5-11-23)30(32(39)41-2)36-31(38)29-16-37(21-34(29)19-35-20-34)33(40)43-18-28-26-14-8-6-12-24(26)25-13-7-9-15-27(25)28/h3-15,22,28-30,35H,16-21H2,1-2H3,(H,36,38)/t22-,29?,30+/m1/s1. The fourth-order valence-electron chi connectivity index (χ4n) is 6.61. The number of carbonyl (C=O) groups excluding carboxylic acids is 3. The number of rotatable bonds is 9. The highest BCUT2D eigenvalue weighted by Crippen LogP contribution is 2.45. The Morgan fingerprint density at radius 1 is 0.953 bits per heavy atom. The van der Waals surface area contributed by atoms with Crippen LogP contribution in [0.3, 0.4) is 0 Å². The summed E-state index contributed by atoms with van der Waals surface area (Å²) in [6.07, 6.45) is -1.07. The van der Waals surface area contributed by atoms with Crippen molar-refractivity contribution in [3.8, 4) is 11.1 Å². The summed E-state index contributed by atoms with van der Waals surface area (Å²) in [6.45, 7) is 4.05. The van der Waals surface area contributed by atoms with Crippen molar-refractivity contribution in [2.45, 2.75) is 31.6 Å². The molecule has 0 radical (unpaired) electrons. The van der Waals surface area contributed by atoms with Crippen LogP contribution in [-0.4, -0.2) is 74.9 Å². The first-order valence-corrected chi connectivity index (χ1v) is 14.7. The second kappa shape index (κ2) is 12.2. The predicted molar refractivity (Wildman–Crippen MR) is 160 cm³/mol. The molecule has 6 rings (SSSR count). The van der Waals surface area contributed by atoms with Crippen LogP contribution in [0.2, 0.25) is 0 Å². The molecule has 1 unspecified atom stereocenters. The van der Waals surface area contributed by atoms with Gasteiger partial charge in [-0.1, -0.05) is 78.9 Å². The van der Waals surface area contributed by atoms with Gasteiger partial charge in [-0.3, -0.25) is 4.79 Å². The lowest BCUT2D eigenvalue weighted by Crippen LogP contribution is -2.62. The van der Waals surface area contributed by atoms with Gasteiger partial charge in [0.2, 0.25) is 5.91 Å². The second-order valence-corrected chi connectivity index (χ2v) is 11.7. The molecule has 43 heavy (non-hydrogen) atoms. The van der Waals surface area contributed by atoms with E-state index in [2.05, 4.69) is 34.9 Å². The number of carbonyl (C=O) groups is 3. The third-order valence-corrected chi connectivity index (χ3v) is 9.09. The highest BCUT2D eigenvalue weighted by Gasteiger charge is 2.55. The minimum absolute atomic E-state index is 0.0458. The maximum atomic E-state index is 13.7. The molecule has 0 bridgehead atoms. The van der Waals surface area contributed by atoms with Gasteiger partial charge in [0.05, 0.1) is 25.7 Å². The number of amides is 2. The summed E-state index contributed by atoms with van der Waals surface area (Å²) >= 11 is 0. The van der Waals surface area contributed by atoms with Crippen molar-refractivity contribution in [1.29, 1.82) is 0 Å². The molecular weight excluding hydrogens is 546 g/mol. The fourth-order valence-corrected chi connectivity index (χ4v) is 6.61. The first kappa shape index (κ1) is 28.9. The van der Waals surface area contributed by atoms with E-state index in [4.69, 9.17) is 14.2 Å². The number of nitrogens with zero attached hydrogens (tertiary/aromatic N) is 1. The highest BCUT2D eigenvalue weighted by atomic mass is 16.6. The van der Waals surface area contributed by atoms with Gasteiger partial charge in [-0.05, 0) is 34.7 Å². The van der Waals surface area contributed by atoms with E-state index in [0.29, 0.717) is 19.6 Å². The molecule has 2 fully saturated rings. The minimum Gasteiger partial charge on any atom is -0.467 e. The third-order valence-electron chi connectivity index (χ3n) is 9.09. The average Bonchev–Trinajstić information content (AvgIpc) is 3.59. The Balaban J connectivity index is 1.11. The summed E-state index contributed by atoms with van der Waals surface area (Å²) in [5.41, 5.74) is 5.15. The molecule has 3 aromatic rings. The molecule has 2 amide bonds. The van der Waals surface area contributed by atoms with Crippen molar-refractivity contribution in [2.75, 3.05) is 39.9 Å². The topological polar surface area (TPSA) is 106 Å². The molecule has 9 heteroatoms. The van der Waals surface area contributed by atoms with Crippen LogP contribution in [-0.2, 0) is 30.4 Å². The molecule has 3 aliphatic rings. The zero-order chi connectivity index (χ0) is 30.0. The molecule has 3 aromatic carbocycles. The third kappa shape index (κ3) is 5.62. The zero-order valence-corrected chi connectivity index (χ0v) is 24.5. The summed E-state index contributed by atoms with van der Waals surface area (Å²) in [7, 11) is 1.29. The molecule has 2 aliphatic heterocycles. The number of methoxy groups -OCH3 is 1. The van der Waals surface area contributed by atoms with E-state index in [1.165, 1.54) is 18.2 Å². The molecule has 1 spiro atoms. The lowest BCUT2D eigenvalue weighted by atomic mass is 9.72. The lowest BCUT2D eigenvalue weighted by molar-refractivity contribution is -0.151. The summed E-state index contributed by atoms with van der Waals surface area (Å²) < 4.78 is 16.9. The van der Waals surface area contributed by atoms with Gasteiger partial charge in [0.25, 0.3) is 0 Å². The van der Waals surface area contributed by atoms with Gasteiger partial charge in [-0.2, -0.15) is 0 Å². The van der Waals surface area contributed by atoms with Crippen LogP contribution in [0.25, 0.3) is 11.1 Å². The van der Waals surface area contributed by atoms with E-state index in [1.807, 2.05) is 54.6 Å². The molecule has 224 valence electrons. The summed E-state index contributed by atoms with van der Waals surface area (Å²) in [5, 5.41) is 6.14. The first-order chi connectivity index (χ1) is 20.9. The molecule has 2 saturated heterocycles. The van der Waals surface area contributed by atoms with E-state index in [0.717, 1.165) is 16.7 Å². The smallest absolute Gasteiger partial charge is 0.409 e. The number of fused-ring (bicyclic) bond motifs is 3. The van der Waals surface area contributed by atoms with E-state index >= 15 is 0 Å². The van der Waals surface area contributed by atoms with Crippen LogP contribution >= 0.6 is 0 Å². The van der Waals surface area contributed by atoms with Gasteiger partial charge >= 0.3 is 12.1 Å². The second-order valence-electron chi connectivity index (χ2n) is 11.7. The molecule has 2 N–H and O–H groups in total. The monoisotopic (exact) mass is 583 g/mol. The van der Waals surface area contributed by atoms with Gasteiger partial charge in [-0.15, -0.1) is 0 Å². The largest absolute Gasteiger partial charge is 0.467 e. The van der Waals surface area contributed by atoms with Crippen LogP contribution in [0.5, 0.6) is 0 Å². The van der Waals surface area contributed by atoms with Crippen molar-refractivity contribution < 1.29 is 28.6 Å². The number of esters is 1. The minimum atomic E-state index is -0.991. The normalized spacial score (nSPS) is 19.6. The number of nitrogens with one attached hydrogen (secondary N) is 2. The Kier molecular flexibility index (Phi) is 8.19. The van der Waals surface area contributed by atoms with Crippen molar-refractivity contribution in [3.63, 3.8) is 0 Å². The maximum Gasteiger partial charge on any atom is 0.409 e. The van der Waals surface area contributed by atoms with Crippen molar-refractivity contribution in [2.24, 2.45) is 11.3 Å². The molecule has 2 heterocycles. The fraction of sp³-hybridized carbons (Fsp3) is 0.382. The van der Waals surface area contributed by atoms with Gasteiger partial charge in [0.1, 0.15) is 6.61 Å². The Morgan fingerprint density at radius 2 is 1.58 bits per heavy atom. The number of hydrogen-bond acceptors (Lipinski definition) is 7. The SMILES string of the molecule is COC(=O)[C@@H](NC(=O)C1CN(C(=O)OCC2c3ccccc3-c3ccccc32)CC12CNC2)[C@@H](C)OCc1ccccc1. The quantitative estimate of drug-likeness (QED) is 0.370. The zero-order valence-electron chi connectivity index (χ0n) is 24.5. The van der Waals surface area contributed by atoms with E-state index < -0.39 is 35.5 Å². The Morgan fingerprint density at radius 3 is 2.19 bits per heavy atom. The number of benzene rings is 3. The Bertz CT molecular complexity index is 1440. The van der Waals surface area contributed by atoms with Gasteiger partial charge in [0.15, 0.2) is 6.04 Å². The molecule has 3 atom stereocenters. The van der Waals surface area contributed by atoms with Crippen molar-refractivity contribution in [1.82, 2.24) is 15.5 Å². The predicted octanol–water partition coefficient (Wildman–Crippen LogP) is 3.72. The van der Waals surface area contributed by atoms with Crippen molar-refractivity contribution in [3.05, 3.63) is 95.6 Å². The highest BCUT2D eigenvalue weighted by molar-refractivity contribution is 5.88. The van der Waals surface area contributed by atoms with Gasteiger partial charge < -0.3 is 29.7 Å². The van der Waals surface area contributed by atoms with Gasteiger partial charge in [0, 0.05) is 37.5 Å². The van der Waals surface area contributed by atoms with Crippen LogP contribution in [0, 0.1) is 11.3 Å². The maximum absolute atomic E-state index is 13.7. The molecular formula is C34H37N3O6. The van der Waals surface area contributed by atoms with E-state index in [1.54, 1.807) is 11.8 Å². The summed E-state index contributed by atoms with van der Waals surface area (Å²) in [5.74, 6) is -1.44.